The first-order valence-corrected chi connectivity index (χ1v) is 14.6. The molecule has 0 saturated carbocycles. The Morgan fingerprint density at radius 3 is 2.43 bits per heavy atom. The van der Waals surface area contributed by atoms with Gasteiger partial charge < -0.3 is 30.3 Å². The average Bonchev–Trinajstić information content (AvgIpc) is 3.34. The maximum absolute atomic E-state index is 15.5. The number of ether oxygens (including phenoxy) is 2. The van der Waals surface area contributed by atoms with Crippen molar-refractivity contribution < 1.29 is 36.6 Å². The van der Waals surface area contributed by atoms with Crippen LogP contribution in [0.25, 0.3) is 0 Å². The first kappa shape index (κ1) is 34.5. The highest BCUT2D eigenvalue weighted by Crippen LogP contribution is 2.36. The highest BCUT2D eigenvalue weighted by molar-refractivity contribution is 6.32. The van der Waals surface area contributed by atoms with Gasteiger partial charge in [0.15, 0.2) is 5.15 Å². The molecule has 0 radical (unpaired) electrons. The lowest BCUT2D eigenvalue weighted by molar-refractivity contribution is -0.143. The van der Waals surface area contributed by atoms with Gasteiger partial charge >= 0.3 is 18.2 Å². The number of anilines is 4. The molecule has 46 heavy (non-hydrogen) atoms. The molecule has 1 fully saturated rings. The van der Waals surface area contributed by atoms with E-state index in [1.54, 1.807) is 45.0 Å². The van der Waals surface area contributed by atoms with Crippen molar-refractivity contribution in [3.8, 4) is 0 Å². The van der Waals surface area contributed by atoms with E-state index in [0.717, 1.165) is 11.3 Å². The summed E-state index contributed by atoms with van der Waals surface area (Å²) in [5.74, 6) is -1.19. The molecule has 1 aromatic carbocycles. The second kappa shape index (κ2) is 14.0. The molecule has 12 nitrogen and oxygen atoms in total. The maximum Gasteiger partial charge on any atom is 0.421 e. The molecule has 17 heteroatoms. The van der Waals surface area contributed by atoms with Crippen molar-refractivity contribution in [1.29, 1.82) is 0 Å². The SMILES string of the molecule is CNc1nc(Nc2cnn([C@H]3CCN(c4ccc(C[C@H](NC(=O)OC(C)(C)C)C(=O)OC)cc4)C[C@@H]3F)c2Cl)ncc1C(F)(F)F. The number of alkyl halides is 4. The number of hydrogen-bond acceptors (Lipinski definition) is 10. The van der Waals surface area contributed by atoms with E-state index in [4.69, 9.17) is 21.1 Å². The lowest BCUT2D eigenvalue weighted by atomic mass is 10.0. The third kappa shape index (κ3) is 8.47. The van der Waals surface area contributed by atoms with Crippen LogP contribution in [-0.2, 0) is 26.9 Å². The van der Waals surface area contributed by atoms with Gasteiger partial charge in [-0.1, -0.05) is 23.7 Å². The minimum atomic E-state index is -4.64. The molecule has 250 valence electrons. The Labute approximate surface area is 267 Å². The molecule has 3 aromatic rings. The van der Waals surface area contributed by atoms with E-state index in [1.807, 2.05) is 4.90 Å². The summed E-state index contributed by atoms with van der Waals surface area (Å²) in [7, 11) is 2.54. The number of carbonyl (C=O) groups is 2. The van der Waals surface area contributed by atoms with Gasteiger partial charge in [0.05, 0.1) is 31.6 Å². The van der Waals surface area contributed by atoms with E-state index in [0.29, 0.717) is 19.2 Å². The number of hydrogen-bond donors (Lipinski definition) is 3. The summed E-state index contributed by atoms with van der Waals surface area (Å²) in [5, 5.41) is 12.0. The zero-order valence-electron chi connectivity index (χ0n) is 25.8. The Bertz CT molecular complexity index is 1530. The Morgan fingerprint density at radius 1 is 1.15 bits per heavy atom. The van der Waals surface area contributed by atoms with Crippen LogP contribution >= 0.6 is 11.6 Å². The van der Waals surface area contributed by atoms with E-state index < -0.39 is 53.5 Å². The molecule has 3 N–H and O–H groups in total. The maximum atomic E-state index is 15.5. The summed E-state index contributed by atoms with van der Waals surface area (Å²) in [5.41, 5.74) is -0.0564. The molecule has 1 amide bonds. The molecule has 0 spiro atoms. The highest BCUT2D eigenvalue weighted by Gasteiger charge is 2.36. The minimum Gasteiger partial charge on any atom is -0.467 e. The second-order valence-electron chi connectivity index (χ2n) is 11.5. The van der Waals surface area contributed by atoms with Crippen molar-refractivity contribution >= 4 is 46.8 Å². The van der Waals surface area contributed by atoms with Gasteiger partial charge in [0.1, 0.15) is 29.2 Å². The third-order valence-corrected chi connectivity index (χ3v) is 7.43. The van der Waals surface area contributed by atoms with Crippen LogP contribution in [0.4, 0.5) is 45.5 Å². The number of piperidine rings is 1. The number of aromatic nitrogens is 4. The van der Waals surface area contributed by atoms with E-state index >= 15 is 4.39 Å². The summed E-state index contributed by atoms with van der Waals surface area (Å²) < 4.78 is 66.5. The summed E-state index contributed by atoms with van der Waals surface area (Å²) in [6.07, 6.45) is -4.25. The molecule has 0 unspecified atom stereocenters. The van der Waals surface area contributed by atoms with Crippen molar-refractivity contribution in [2.45, 2.75) is 63.6 Å². The van der Waals surface area contributed by atoms with Gasteiger partial charge in [-0.3, -0.25) is 0 Å². The van der Waals surface area contributed by atoms with Crippen LogP contribution in [0.5, 0.6) is 0 Å². The molecule has 1 saturated heterocycles. The smallest absolute Gasteiger partial charge is 0.421 e. The molecule has 3 atom stereocenters. The third-order valence-electron chi connectivity index (χ3n) is 7.05. The number of methoxy groups -OCH3 is 1. The number of nitrogens with zero attached hydrogens (tertiary/aromatic N) is 5. The van der Waals surface area contributed by atoms with Crippen LogP contribution < -0.4 is 20.9 Å². The van der Waals surface area contributed by atoms with Crippen LogP contribution in [0.3, 0.4) is 0 Å². The molecule has 0 aliphatic carbocycles. The number of esters is 1. The zero-order chi connectivity index (χ0) is 33.8. The predicted molar refractivity (Wildman–Crippen MR) is 163 cm³/mol. The monoisotopic (exact) mass is 670 g/mol. The molecule has 3 heterocycles. The normalized spacial score (nSPS) is 17.7. The summed E-state index contributed by atoms with van der Waals surface area (Å²) in [4.78, 5) is 34.0. The quantitative estimate of drug-likeness (QED) is 0.197. The van der Waals surface area contributed by atoms with Gasteiger partial charge in [-0.05, 0) is 44.9 Å². The van der Waals surface area contributed by atoms with Crippen LogP contribution in [-0.4, -0.2) is 76.9 Å². The van der Waals surface area contributed by atoms with Gasteiger partial charge in [0.2, 0.25) is 5.95 Å². The number of amides is 1. The number of benzene rings is 1. The van der Waals surface area contributed by atoms with Gasteiger partial charge in [0.25, 0.3) is 0 Å². The first-order chi connectivity index (χ1) is 21.6. The minimum absolute atomic E-state index is 0.0431. The lowest BCUT2D eigenvalue weighted by Gasteiger charge is -2.36. The summed E-state index contributed by atoms with van der Waals surface area (Å²) in [6, 6.07) is 5.51. The first-order valence-electron chi connectivity index (χ1n) is 14.3. The van der Waals surface area contributed by atoms with E-state index in [2.05, 4.69) is 31.0 Å². The molecular weight excluding hydrogens is 636 g/mol. The fraction of sp³-hybridized carbons (Fsp3) is 0.483. The van der Waals surface area contributed by atoms with E-state index in [9.17, 15) is 22.8 Å². The molecular formula is C29H35ClF4N8O4. The Hall–Kier alpha value is -4.34. The predicted octanol–water partition coefficient (Wildman–Crippen LogP) is 5.53. The van der Waals surface area contributed by atoms with Crippen molar-refractivity contribution in [3.05, 3.63) is 52.9 Å². The van der Waals surface area contributed by atoms with Crippen LogP contribution in [0.2, 0.25) is 5.15 Å². The fourth-order valence-corrected chi connectivity index (χ4v) is 5.15. The number of rotatable bonds is 9. The van der Waals surface area contributed by atoms with Crippen LogP contribution in [0.15, 0.2) is 36.7 Å². The second-order valence-corrected chi connectivity index (χ2v) is 11.9. The Kier molecular flexibility index (Phi) is 10.5. The van der Waals surface area contributed by atoms with Crippen molar-refractivity contribution in [2.75, 3.05) is 42.8 Å². The average molecular weight is 671 g/mol. The number of nitrogens with one attached hydrogen (secondary N) is 3. The molecule has 2 aromatic heterocycles. The van der Waals surface area contributed by atoms with E-state index in [1.165, 1.54) is 25.0 Å². The Balaban J connectivity index is 1.39. The fourth-order valence-electron chi connectivity index (χ4n) is 4.89. The van der Waals surface area contributed by atoms with Gasteiger partial charge in [-0.25, -0.2) is 23.6 Å². The number of alkyl carbamates (subject to hydrolysis) is 1. The zero-order valence-corrected chi connectivity index (χ0v) is 26.5. The topological polar surface area (TPSA) is 136 Å². The largest absolute Gasteiger partial charge is 0.467 e. The van der Waals surface area contributed by atoms with Gasteiger partial charge in [0, 0.05) is 31.9 Å². The molecule has 4 rings (SSSR count). The highest BCUT2D eigenvalue weighted by atomic mass is 35.5. The molecule has 0 bridgehead atoms. The summed E-state index contributed by atoms with van der Waals surface area (Å²) >= 11 is 6.50. The molecule has 1 aliphatic heterocycles. The van der Waals surface area contributed by atoms with Crippen LogP contribution in [0.1, 0.15) is 44.4 Å². The number of carbonyl (C=O) groups excluding carboxylic acids is 2. The van der Waals surface area contributed by atoms with Crippen molar-refractivity contribution in [3.63, 3.8) is 0 Å². The van der Waals surface area contributed by atoms with E-state index in [-0.39, 0.29) is 29.8 Å². The van der Waals surface area contributed by atoms with Gasteiger partial charge in [-0.2, -0.15) is 23.3 Å². The summed E-state index contributed by atoms with van der Waals surface area (Å²) in [6.45, 7) is 5.65. The molecule has 1 aliphatic rings. The lowest BCUT2D eigenvalue weighted by Crippen LogP contribution is -2.45. The standard InChI is InChI=1S/C29H35ClF4N8O4/c1-28(2,3)46-27(44)39-20(25(43)45-5)12-16-6-8-17(9-7-16)41-11-10-22(19(31)15-41)42-23(30)21(14-37-42)38-26-36-13-18(29(32,33)34)24(35-4)40-26/h6-9,13-14,19-20,22H,10-12,15H2,1-5H3,(H,39,44)(H2,35,36,38,40)/t19-,20-,22-/m0/s1. The van der Waals surface area contributed by atoms with Crippen molar-refractivity contribution in [1.82, 2.24) is 25.1 Å². The van der Waals surface area contributed by atoms with Crippen LogP contribution in [0, 0.1) is 0 Å². The number of halogens is 5. The van der Waals surface area contributed by atoms with Crippen molar-refractivity contribution in [2.24, 2.45) is 0 Å². The Morgan fingerprint density at radius 2 is 1.85 bits per heavy atom. The van der Waals surface area contributed by atoms with Gasteiger partial charge in [-0.15, -0.1) is 0 Å².